The van der Waals surface area contributed by atoms with Crippen molar-refractivity contribution < 1.29 is 5.11 Å². The highest BCUT2D eigenvalue weighted by atomic mass is 16.3. The van der Waals surface area contributed by atoms with E-state index in [1.807, 2.05) is 24.3 Å². The second-order valence-electron chi connectivity index (χ2n) is 5.84. The van der Waals surface area contributed by atoms with Crippen LogP contribution in [0.5, 0.6) is 0 Å². The van der Waals surface area contributed by atoms with Crippen molar-refractivity contribution in [2.45, 2.75) is 57.7 Å². The van der Waals surface area contributed by atoms with Gasteiger partial charge in [-0.1, -0.05) is 50.5 Å². The lowest BCUT2D eigenvalue weighted by Gasteiger charge is -2.34. The number of hydrogen-bond donors (Lipinski definition) is 2. The molecule has 1 atom stereocenters. The second kappa shape index (κ2) is 7.77. The molecule has 0 amide bonds. The number of nitrogens with two attached hydrogens (primary N) is 1. The molecule has 1 fully saturated rings. The molecule has 1 aromatic rings. The largest absolute Gasteiger partial charge is 0.387 e. The predicted octanol–water partition coefficient (Wildman–Crippen LogP) is 2.83. The Balaban J connectivity index is 1.94. The molecule has 1 aliphatic carbocycles. The van der Waals surface area contributed by atoms with E-state index in [4.69, 9.17) is 5.73 Å². The third-order valence-electron chi connectivity index (χ3n) is 4.50. The first-order valence-electron chi connectivity index (χ1n) is 7.95. The summed E-state index contributed by atoms with van der Waals surface area (Å²) in [6.07, 6.45) is 6.21. The molecule has 1 aromatic carbocycles. The second-order valence-corrected chi connectivity index (χ2v) is 5.84. The topological polar surface area (TPSA) is 49.5 Å². The van der Waals surface area contributed by atoms with Crippen LogP contribution in [0.15, 0.2) is 24.3 Å². The molecule has 0 aromatic heterocycles. The van der Waals surface area contributed by atoms with E-state index in [2.05, 4.69) is 11.8 Å². The summed E-state index contributed by atoms with van der Waals surface area (Å²) >= 11 is 0. The minimum atomic E-state index is -0.399. The standard InChI is InChI=1S/C17H28N2O/c1-2-19(16-6-4-3-5-7-16)13-17(20)15-10-8-14(12-18)9-11-15/h8-11,16-17,20H,2-7,12-13,18H2,1H3. The van der Waals surface area contributed by atoms with Gasteiger partial charge in [-0.15, -0.1) is 0 Å². The fourth-order valence-corrected chi connectivity index (χ4v) is 3.19. The Morgan fingerprint density at radius 2 is 1.85 bits per heavy atom. The number of aliphatic hydroxyl groups excluding tert-OH is 1. The summed E-state index contributed by atoms with van der Waals surface area (Å²) in [4.78, 5) is 2.45. The van der Waals surface area contributed by atoms with Gasteiger partial charge in [-0.2, -0.15) is 0 Å². The molecule has 1 saturated carbocycles. The molecule has 0 spiro atoms. The fourth-order valence-electron chi connectivity index (χ4n) is 3.19. The number of nitrogens with zero attached hydrogens (tertiary/aromatic N) is 1. The van der Waals surface area contributed by atoms with E-state index >= 15 is 0 Å². The van der Waals surface area contributed by atoms with Gasteiger partial charge < -0.3 is 10.8 Å². The highest BCUT2D eigenvalue weighted by Crippen LogP contribution is 2.24. The minimum Gasteiger partial charge on any atom is -0.387 e. The maximum absolute atomic E-state index is 10.4. The lowest BCUT2D eigenvalue weighted by atomic mass is 9.93. The van der Waals surface area contributed by atoms with E-state index in [1.54, 1.807) is 0 Å². The lowest BCUT2D eigenvalue weighted by molar-refractivity contribution is 0.0766. The van der Waals surface area contributed by atoms with Crippen molar-refractivity contribution in [1.29, 1.82) is 0 Å². The minimum absolute atomic E-state index is 0.399. The van der Waals surface area contributed by atoms with Gasteiger partial charge in [0.2, 0.25) is 0 Å². The van der Waals surface area contributed by atoms with Gasteiger partial charge in [0.25, 0.3) is 0 Å². The number of rotatable bonds is 6. The summed E-state index contributed by atoms with van der Waals surface area (Å²) in [5, 5.41) is 10.4. The molecular formula is C17H28N2O. The monoisotopic (exact) mass is 276 g/mol. The third-order valence-corrected chi connectivity index (χ3v) is 4.50. The average molecular weight is 276 g/mol. The quantitative estimate of drug-likeness (QED) is 0.840. The van der Waals surface area contributed by atoms with Crippen LogP contribution >= 0.6 is 0 Å². The van der Waals surface area contributed by atoms with Crippen molar-refractivity contribution in [3.63, 3.8) is 0 Å². The van der Waals surface area contributed by atoms with Crippen molar-refractivity contribution in [3.8, 4) is 0 Å². The highest BCUT2D eigenvalue weighted by molar-refractivity contribution is 5.24. The van der Waals surface area contributed by atoms with Crippen molar-refractivity contribution in [2.24, 2.45) is 5.73 Å². The van der Waals surface area contributed by atoms with Crippen molar-refractivity contribution >= 4 is 0 Å². The molecule has 3 heteroatoms. The zero-order chi connectivity index (χ0) is 14.4. The molecule has 3 N–H and O–H groups in total. The maximum Gasteiger partial charge on any atom is 0.0917 e. The Bertz CT molecular complexity index is 384. The first-order chi connectivity index (χ1) is 9.74. The van der Waals surface area contributed by atoms with Crippen LogP contribution in [0.3, 0.4) is 0 Å². The molecule has 0 radical (unpaired) electrons. The average Bonchev–Trinajstić information content (AvgIpc) is 2.53. The predicted molar refractivity (Wildman–Crippen MR) is 83.4 cm³/mol. The summed E-state index contributed by atoms with van der Waals surface area (Å²) in [5.41, 5.74) is 7.71. The van der Waals surface area contributed by atoms with Crippen LogP contribution in [0.2, 0.25) is 0 Å². The van der Waals surface area contributed by atoms with Crippen LogP contribution in [-0.2, 0) is 6.54 Å². The number of likely N-dealkylation sites (N-methyl/N-ethyl adjacent to an activating group) is 1. The Kier molecular flexibility index (Phi) is 6.02. The van der Waals surface area contributed by atoms with Crippen molar-refractivity contribution in [3.05, 3.63) is 35.4 Å². The SMILES string of the molecule is CCN(CC(O)c1ccc(CN)cc1)C1CCCCC1. The molecule has 20 heavy (non-hydrogen) atoms. The van der Waals surface area contributed by atoms with Gasteiger partial charge in [0.15, 0.2) is 0 Å². The van der Waals surface area contributed by atoms with Crippen LogP contribution in [-0.4, -0.2) is 29.1 Å². The Morgan fingerprint density at radius 1 is 1.20 bits per heavy atom. The molecule has 1 unspecified atom stereocenters. The molecular weight excluding hydrogens is 248 g/mol. The molecule has 3 nitrogen and oxygen atoms in total. The van der Waals surface area contributed by atoms with Crippen LogP contribution in [0.1, 0.15) is 56.3 Å². The van der Waals surface area contributed by atoms with Crippen molar-refractivity contribution in [2.75, 3.05) is 13.1 Å². The van der Waals surface area contributed by atoms with Crippen LogP contribution in [0.25, 0.3) is 0 Å². The van der Waals surface area contributed by atoms with Gasteiger partial charge in [0.05, 0.1) is 6.10 Å². The molecule has 1 aliphatic rings. The lowest BCUT2D eigenvalue weighted by Crippen LogP contribution is -2.39. The zero-order valence-corrected chi connectivity index (χ0v) is 12.6. The van der Waals surface area contributed by atoms with E-state index < -0.39 is 6.10 Å². The summed E-state index contributed by atoms with van der Waals surface area (Å²) in [6, 6.07) is 8.68. The number of hydrogen-bond acceptors (Lipinski definition) is 3. The van der Waals surface area contributed by atoms with Gasteiger partial charge in [-0.3, -0.25) is 4.90 Å². The van der Waals surface area contributed by atoms with Crippen molar-refractivity contribution in [1.82, 2.24) is 4.90 Å². The smallest absolute Gasteiger partial charge is 0.0917 e. The highest BCUT2D eigenvalue weighted by Gasteiger charge is 2.22. The Morgan fingerprint density at radius 3 is 2.40 bits per heavy atom. The molecule has 0 bridgehead atoms. The van der Waals surface area contributed by atoms with Crippen LogP contribution < -0.4 is 5.73 Å². The molecule has 112 valence electrons. The Hall–Kier alpha value is -0.900. The van der Waals surface area contributed by atoms with E-state index in [9.17, 15) is 5.11 Å². The van der Waals surface area contributed by atoms with Gasteiger partial charge >= 0.3 is 0 Å². The fraction of sp³-hybridized carbons (Fsp3) is 0.647. The summed E-state index contributed by atoms with van der Waals surface area (Å²) in [5.74, 6) is 0. The maximum atomic E-state index is 10.4. The normalized spacial score (nSPS) is 18.4. The summed E-state index contributed by atoms with van der Waals surface area (Å²) < 4.78 is 0. The summed E-state index contributed by atoms with van der Waals surface area (Å²) in [6.45, 7) is 4.50. The zero-order valence-electron chi connectivity index (χ0n) is 12.6. The Labute approximate surface area is 122 Å². The molecule has 2 rings (SSSR count). The van der Waals surface area contributed by atoms with E-state index in [0.717, 1.165) is 24.2 Å². The van der Waals surface area contributed by atoms with Crippen LogP contribution in [0.4, 0.5) is 0 Å². The third kappa shape index (κ3) is 4.05. The molecule has 0 aliphatic heterocycles. The first kappa shape index (κ1) is 15.5. The molecule has 0 heterocycles. The number of aliphatic hydroxyl groups is 1. The van der Waals surface area contributed by atoms with Gasteiger partial charge in [0.1, 0.15) is 0 Å². The van der Waals surface area contributed by atoms with Gasteiger partial charge in [0, 0.05) is 19.1 Å². The molecule has 0 saturated heterocycles. The van der Waals surface area contributed by atoms with Crippen LogP contribution in [0, 0.1) is 0 Å². The van der Waals surface area contributed by atoms with Gasteiger partial charge in [-0.05, 0) is 30.5 Å². The van der Waals surface area contributed by atoms with Gasteiger partial charge in [-0.25, -0.2) is 0 Å². The van der Waals surface area contributed by atoms with E-state index in [0.29, 0.717) is 12.6 Å². The van der Waals surface area contributed by atoms with E-state index in [1.165, 1.54) is 32.1 Å². The first-order valence-corrected chi connectivity index (χ1v) is 7.95. The van der Waals surface area contributed by atoms with E-state index in [-0.39, 0.29) is 0 Å². The summed E-state index contributed by atoms with van der Waals surface area (Å²) in [7, 11) is 0. The number of benzene rings is 1.